The second kappa shape index (κ2) is 9.33. The number of fused-ring (bicyclic) bond motifs is 1. The van der Waals surface area contributed by atoms with Crippen molar-refractivity contribution in [1.82, 2.24) is 0 Å². The van der Waals surface area contributed by atoms with E-state index in [4.69, 9.17) is 9.47 Å². The molecule has 3 aromatic carbocycles. The highest BCUT2D eigenvalue weighted by Crippen LogP contribution is 2.37. The molecule has 1 aliphatic rings. The monoisotopic (exact) mass is 466 g/mol. The average molecular weight is 467 g/mol. The number of hydrogen-bond acceptors (Lipinski definition) is 6. The van der Waals surface area contributed by atoms with Gasteiger partial charge in [0.1, 0.15) is 5.75 Å². The smallest absolute Gasteiger partial charge is 0.338 e. The van der Waals surface area contributed by atoms with E-state index >= 15 is 0 Å². The van der Waals surface area contributed by atoms with Crippen LogP contribution in [0.15, 0.2) is 83.8 Å². The summed E-state index contributed by atoms with van der Waals surface area (Å²) in [7, 11) is -3.93. The summed E-state index contributed by atoms with van der Waals surface area (Å²) in [5.41, 5.74) is 1.01. The number of para-hydroxylation sites is 2. The first-order chi connectivity index (χ1) is 15.9. The minimum Gasteiger partial charge on any atom is -0.476 e. The highest BCUT2D eigenvalue weighted by Gasteiger charge is 2.37. The summed E-state index contributed by atoms with van der Waals surface area (Å²) in [5.74, 6) is -0.765. The van der Waals surface area contributed by atoms with Gasteiger partial charge in [0.05, 0.1) is 29.3 Å². The summed E-state index contributed by atoms with van der Waals surface area (Å²) in [4.78, 5) is 25.1. The van der Waals surface area contributed by atoms with E-state index in [9.17, 15) is 18.0 Å². The first-order valence-electron chi connectivity index (χ1n) is 10.3. The molecule has 4 rings (SSSR count). The van der Waals surface area contributed by atoms with Crippen LogP contribution in [0.2, 0.25) is 0 Å². The van der Waals surface area contributed by atoms with Crippen LogP contribution in [0.5, 0.6) is 5.75 Å². The van der Waals surface area contributed by atoms with Crippen LogP contribution >= 0.6 is 0 Å². The number of ether oxygens (including phenoxy) is 2. The van der Waals surface area contributed by atoms with E-state index in [1.165, 1.54) is 22.5 Å². The van der Waals surface area contributed by atoms with Gasteiger partial charge >= 0.3 is 5.97 Å². The standard InChI is InChI=1S/C24H22N2O6S/c1-2-31-24(28)17-9-8-10-18(15-17)25-23(27)22-16-26(20-13-6-7-14-21(20)32-22)33(29,30)19-11-4-3-5-12-19/h3-15,22H,2,16H2,1H3,(H,25,27)/t22-/m1/s1. The van der Waals surface area contributed by atoms with Crippen LogP contribution in [0.1, 0.15) is 17.3 Å². The molecule has 1 atom stereocenters. The normalized spacial score (nSPS) is 15.2. The third-order valence-electron chi connectivity index (χ3n) is 5.00. The van der Waals surface area contributed by atoms with Gasteiger partial charge in [-0.2, -0.15) is 0 Å². The van der Waals surface area contributed by atoms with E-state index in [1.807, 2.05) is 0 Å². The number of carbonyl (C=O) groups excluding carboxylic acids is 2. The molecule has 1 heterocycles. The van der Waals surface area contributed by atoms with Gasteiger partial charge in [-0.3, -0.25) is 9.10 Å². The fourth-order valence-electron chi connectivity index (χ4n) is 3.45. The maximum atomic E-state index is 13.3. The number of carbonyl (C=O) groups is 2. The molecule has 8 nitrogen and oxygen atoms in total. The van der Waals surface area contributed by atoms with Gasteiger partial charge in [0.25, 0.3) is 15.9 Å². The lowest BCUT2D eigenvalue weighted by atomic mass is 10.2. The number of sulfonamides is 1. The summed E-state index contributed by atoms with van der Waals surface area (Å²) in [5, 5.41) is 2.70. The van der Waals surface area contributed by atoms with Gasteiger partial charge in [-0.15, -0.1) is 0 Å². The number of esters is 1. The van der Waals surface area contributed by atoms with E-state index in [2.05, 4.69) is 5.32 Å². The molecule has 0 aromatic heterocycles. The lowest BCUT2D eigenvalue weighted by Crippen LogP contribution is -2.48. The Labute approximate surface area is 191 Å². The Morgan fingerprint density at radius 3 is 2.52 bits per heavy atom. The van der Waals surface area contributed by atoms with Gasteiger partial charge in [-0.1, -0.05) is 36.4 Å². The Morgan fingerprint density at radius 2 is 1.76 bits per heavy atom. The van der Waals surface area contributed by atoms with Crippen LogP contribution in [-0.2, 0) is 19.6 Å². The minimum absolute atomic E-state index is 0.114. The summed E-state index contributed by atoms with van der Waals surface area (Å²) < 4.78 is 38.7. The number of rotatable bonds is 6. The van der Waals surface area contributed by atoms with Crippen molar-refractivity contribution >= 4 is 33.3 Å². The van der Waals surface area contributed by atoms with Crippen molar-refractivity contribution < 1.29 is 27.5 Å². The van der Waals surface area contributed by atoms with Crippen LogP contribution in [0.25, 0.3) is 0 Å². The number of nitrogens with zero attached hydrogens (tertiary/aromatic N) is 1. The predicted molar refractivity (Wildman–Crippen MR) is 123 cm³/mol. The first-order valence-corrected chi connectivity index (χ1v) is 11.8. The SMILES string of the molecule is CCOC(=O)c1cccc(NC(=O)[C@H]2CN(S(=O)(=O)c3ccccc3)c3ccccc3O2)c1. The molecule has 0 spiro atoms. The molecular formula is C24H22N2O6S. The quantitative estimate of drug-likeness (QED) is 0.559. The molecule has 0 saturated heterocycles. The molecule has 0 fully saturated rings. The van der Waals surface area contributed by atoms with E-state index in [-0.39, 0.29) is 29.4 Å². The number of benzene rings is 3. The van der Waals surface area contributed by atoms with E-state index in [0.29, 0.717) is 11.4 Å². The molecule has 0 bridgehead atoms. The van der Waals surface area contributed by atoms with Crippen molar-refractivity contribution in [3.8, 4) is 5.75 Å². The molecule has 1 N–H and O–H groups in total. The van der Waals surface area contributed by atoms with Crippen LogP contribution in [0, 0.1) is 0 Å². The first kappa shape index (κ1) is 22.3. The lowest BCUT2D eigenvalue weighted by molar-refractivity contribution is -0.122. The lowest BCUT2D eigenvalue weighted by Gasteiger charge is -2.34. The minimum atomic E-state index is -3.93. The van der Waals surface area contributed by atoms with Crippen LogP contribution in [-0.4, -0.2) is 39.5 Å². The van der Waals surface area contributed by atoms with Crippen molar-refractivity contribution in [3.05, 3.63) is 84.4 Å². The summed E-state index contributed by atoms with van der Waals surface area (Å²) in [6, 6.07) is 21.0. The molecule has 0 unspecified atom stereocenters. The molecule has 1 aliphatic heterocycles. The summed E-state index contributed by atoms with van der Waals surface area (Å²) in [6.07, 6.45) is -1.11. The maximum absolute atomic E-state index is 13.3. The molecule has 1 amide bonds. The maximum Gasteiger partial charge on any atom is 0.338 e. The molecule has 0 saturated carbocycles. The zero-order valence-electron chi connectivity index (χ0n) is 17.8. The van der Waals surface area contributed by atoms with Gasteiger partial charge in [0.15, 0.2) is 6.10 Å². The molecular weight excluding hydrogens is 444 g/mol. The average Bonchev–Trinajstić information content (AvgIpc) is 2.84. The molecule has 9 heteroatoms. The van der Waals surface area contributed by atoms with Gasteiger partial charge in [-0.05, 0) is 49.4 Å². The van der Waals surface area contributed by atoms with Gasteiger partial charge in [0.2, 0.25) is 0 Å². The predicted octanol–water partition coefficient (Wildman–Crippen LogP) is 3.46. The van der Waals surface area contributed by atoms with Crippen molar-refractivity contribution in [2.75, 3.05) is 22.8 Å². The van der Waals surface area contributed by atoms with Crippen LogP contribution in [0.3, 0.4) is 0 Å². The van der Waals surface area contributed by atoms with Gasteiger partial charge in [0, 0.05) is 5.69 Å². The molecule has 3 aromatic rings. The van der Waals surface area contributed by atoms with E-state index < -0.39 is 28.0 Å². The molecule has 0 radical (unpaired) electrons. The van der Waals surface area contributed by atoms with Crippen molar-refractivity contribution in [1.29, 1.82) is 0 Å². The fraction of sp³-hybridized carbons (Fsp3) is 0.167. The molecule has 170 valence electrons. The van der Waals surface area contributed by atoms with Crippen molar-refractivity contribution in [2.24, 2.45) is 0 Å². The third kappa shape index (κ3) is 4.68. The van der Waals surface area contributed by atoms with Crippen molar-refractivity contribution in [3.63, 3.8) is 0 Å². The Bertz CT molecular complexity index is 1280. The summed E-state index contributed by atoms with van der Waals surface area (Å²) in [6.45, 7) is 1.73. The fourth-order valence-corrected chi connectivity index (χ4v) is 4.94. The second-order valence-corrected chi connectivity index (χ2v) is 9.08. The van der Waals surface area contributed by atoms with Gasteiger partial charge in [-0.25, -0.2) is 13.2 Å². The Kier molecular flexibility index (Phi) is 6.32. The molecule has 33 heavy (non-hydrogen) atoms. The largest absolute Gasteiger partial charge is 0.476 e. The zero-order valence-corrected chi connectivity index (χ0v) is 18.6. The Balaban J connectivity index is 1.60. The van der Waals surface area contributed by atoms with E-state index in [0.717, 1.165) is 0 Å². The third-order valence-corrected chi connectivity index (χ3v) is 6.79. The van der Waals surface area contributed by atoms with Crippen LogP contribution in [0.4, 0.5) is 11.4 Å². The van der Waals surface area contributed by atoms with E-state index in [1.54, 1.807) is 67.6 Å². The number of anilines is 2. The Hall–Kier alpha value is -3.85. The highest BCUT2D eigenvalue weighted by atomic mass is 32.2. The number of hydrogen-bond donors (Lipinski definition) is 1. The molecule has 0 aliphatic carbocycles. The van der Waals surface area contributed by atoms with Crippen LogP contribution < -0.4 is 14.4 Å². The topological polar surface area (TPSA) is 102 Å². The van der Waals surface area contributed by atoms with Crippen molar-refractivity contribution in [2.45, 2.75) is 17.9 Å². The number of nitrogens with one attached hydrogen (secondary N) is 1. The van der Waals surface area contributed by atoms with Gasteiger partial charge < -0.3 is 14.8 Å². The highest BCUT2D eigenvalue weighted by molar-refractivity contribution is 7.92. The zero-order chi connectivity index (χ0) is 23.4. The second-order valence-electron chi connectivity index (χ2n) is 7.21. The Morgan fingerprint density at radius 1 is 1.03 bits per heavy atom. The summed E-state index contributed by atoms with van der Waals surface area (Å²) >= 11 is 0. The number of amides is 1.